The summed E-state index contributed by atoms with van der Waals surface area (Å²) in [4.78, 5) is 45.1. The molecule has 2 fully saturated rings. The second-order valence-electron chi connectivity index (χ2n) is 8.35. The number of hydrogen-bond acceptors (Lipinski definition) is 6. The van der Waals surface area contributed by atoms with Gasteiger partial charge in [0.15, 0.2) is 5.13 Å². The third-order valence-electron chi connectivity index (χ3n) is 6.26. The van der Waals surface area contributed by atoms with E-state index in [4.69, 9.17) is 28.3 Å². The number of H-pyrrole nitrogens is 1. The SMILES string of the molecule is Cc1[nH]c(C(=O)N[C@H]2[C@@H]3CN(c4nc(-c5ccc(C(=O)O)cc5)c(C(=O)O)s4)C[C@@H]32)c(Cl)c1Cl.[LiH]. The van der Waals surface area contributed by atoms with Crippen LogP contribution in [0.3, 0.4) is 0 Å². The Bertz CT molecular complexity index is 1330. The fourth-order valence-electron chi connectivity index (χ4n) is 4.40. The number of fused-ring (bicyclic) bond motifs is 1. The van der Waals surface area contributed by atoms with Crippen LogP contribution in [0.5, 0.6) is 0 Å². The van der Waals surface area contributed by atoms with Crippen molar-refractivity contribution >= 4 is 76.4 Å². The second kappa shape index (κ2) is 9.52. The standard InChI is InChI=1S/C22H18Cl2N4O5S.Li.H/c1-8-13(23)14(24)17(25-8)19(29)26-16-11-6-28(7-12(11)16)22-27-15(18(34-22)21(32)33)9-2-4-10(5-3-9)20(30)31;;/h2-5,11-12,16,25H,6-7H2,1H3,(H,26,29)(H,30,31)(H,32,33);;/t11-,12+,16+;;. The summed E-state index contributed by atoms with van der Waals surface area (Å²) in [6, 6.07) is 5.96. The van der Waals surface area contributed by atoms with Gasteiger partial charge in [-0.15, -0.1) is 0 Å². The summed E-state index contributed by atoms with van der Waals surface area (Å²) >= 11 is 13.3. The molecule has 2 aliphatic rings. The van der Waals surface area contributed by atoms with Gasteiger partial charge in [0, 0.05) is 42.2 Å². The summed E-state index contributed by atoms with van der Waals surface area (Å²) in [7, 11) is 0. The van der Waals surface area contributed by atoms with E-state index in [1.807, 2.05) is 4.90 Å². The number of piperidine rings is 1. The number of hydrogen-bond donors (Lipinski definition) is 4. The molecular formula is C22H19Cl2LiN4O5S. The zero-order valence-corrected chi connectivity index (χ0v) is 20.0. The molecule has 0 unspecified atom stereocenters. The van der Waals surface area contributed by atoms with Crippen molar-refractivity contribution in [2.75, 3.05) is 18.0 Å². The molecule has 178 valence electrons. The number of aromatic amines is 1. The van der Waals surface area contributed by atoms with E-state index in [1.54, 1.807) is 19.1 Å². The van der Waals surface area contributed by atoms with E-state index in [0.717, 1.165) is 11.3 Å². The van der Waals surface area contributed by atoms with E-state index in [1.165, 1.54) is 12.1 Å². The average Bonchev–Trinajstić information content (AvgIpc) is 3.19. The van der Waals surface area contributed by atoms with Gasteiger partial charge >= 0.3 is 30.8 Å². The maximum absolute atomic E-state index is 12.6. The molecule has 3 heterocycles. The van der Waals surface area contributed by atoms with Gasteiger partial charge in [0.05, 0.1) is 21.3 Å². The number of carboxylic acids is 2. The second-order valence-corrected chi connectivity index (χ2v) is 10.1. The number of aryl methyl sites for hydroxylation is 1. The molecule has 1 saturated heterocycles. The molecular weight excluding hydrogens is 510 g/mol. The van der Waals surface area contributed by atoms with Crippen LogP contribution in [-0.4, -0.2) is 76.0 Å². The molecule has 3 atom stereocenters. The average molecular weight is 529 g/mol. The minimum absolute atomic E-state index is 0. The molecule has 13 heteroatoms. The van der Waals surface area contributed by atoms with Crippen molar-refractivity contribution in [1.29, 1.82) is 0 Å². The summed E-state index contributed by atoms with van der Waals surface area (Å²) < 4.78 is 0. The van der Waals surface area contributed by atoms with Crippen LogP contribution in [0.15, 0.2) is 24.3 Å². The summed E-state index contributed by atoms with van der Waals surface area (Å²) in [5.74, 6) is -2.00. The number of halogens is 2. The molecule has 1 aliphatic heterocycles. The van der Waals surface area contributed by atoms with Gasteiger partial charge in [-0.2, -0.15) is 0 Å². The zero-order chi connectivity index (χ0) is 24.3. The van der Waals surface area contributed by atoms with E-state index in [0.29, 0.717) is 40.2 Å². The monoisotopic (exact) mass is 528 g/mol. The van der Waals surface area contributed by atoms with E-state index in [9.17, 15) is 19.5 Å². The van der Waals surface area contributed by atoms with Crippen molar-refractivity contribution < 1.29 is 24.6 Å². The third-order valence-corrected chi connectivity index (χ3v) is 8.31. The van der Waals surface area contributed by atoms with Gasteiger partial charge in [-0.25, -0.2) is 14.6 Å². The van der Waals surface area contributed by atoms with Gasteiger partial charge < -0.3 is 25.4 Å². The Morgan fingerprint density at radius 1 is 1.09 bits per heavy atom. The normalized spacial score (nSPS) is 20.2. The summed E-state index contributed by atoms with van der Waals surface area (Å²) in [6.45, 7) is 3.01. The Labute approximate surface area is 225 Å². The molecule has 0 bridgehead atoms. The number of carboxylic acid groups (broad SMARTS) is 2. The van der Waals surface area contributed by atoms with Gasteiger partial charge in [0.1, 0.15) is 10.6 Å². The first-order valence-electron chi connectivity index (χ1n) is 10.3. The van der Waals surface area contributed by atoms with Gasteiger partial charge in [-0.3, -0.25) is 4.79 Å². The molecule has 9 nitrogen and oxygen atoms in total. The summed E-state index contributed by atoms with van der Waals surface area (Å²) in [5.41, 5.74) is 1.84. The van der Waals surface area contributed by atoms with Crippen LogP contribution in [0.1, 0.15) is 36.2 Å². The Balaban J connectivity index is 0.00000289. The Morgan fingerprint density at radius 3 is 2.23 bits per heavy atom. The van der Waals surface area contributed by atoms with E-state index < -0.39 is 11.9 Å². The van der Waals surface area contributed by atoms with Crippen molar-refractivity contribution in [3.8, 4) is 11.3 Å². The summed E-state index contributed by atoms with van der Waals surface area (Å²) in [5, 5.41) is 22.9. The molecule has 5 rings (SSSR count). The first-order chi connectivity index (χ1) is 16.2. The molecule has 4 N–H and O–H groups in total. The number of aromatic carboxylic acids is 2. The predicted molar refractivity (Wildman–Crippen MR) is 135 cm³/mol. The van der Waals surface area contributed by atoms with Crippen LogP contribution < -0.4 is 10.2 Å². The Hall–Kier alpha value is -2.48. The molecule has 1 aliphatic carbocycles. The zero-order valence-electron chi connectivity index (χ0n) is 17.6. The molecule has 3 aromatic rings. The van der Waals surface area contributed by atoms with Crippen LogP contribution >= 0.6 is 34.5 Å². The maximum atomic E-state index is 12.6. The number of nitrogens with one attached hydrogen (secondary N) is 2. The molecule has 1 amide bonds. The number of carbonyl (C=O) groups excluding carboxylic acids is 1. The first kappa shape index (κ1) is 25.6. The van der Waals surface area contributed by atoms with Crippen molar-refractivity contribution in [3.05, 3.63) is 56.1 Å². The number of thiazole rings is 1. The van der Waals surface area contributed by atoms with Gasteiger partial charge in [0.2, 0.25) is 0 Å². The first-order valence-corrected chi connectivity index (χ1v) is 11.9. The number of benzene rings is 1. The molecule has 35 heavy (non-hydrogen) atoms. The fraction of sp³-hybridized carbons (Fsp3) is 0.273. The molecule has 1 aromatic carbocycles. The van der Waals surface area contributed by atoms with Gasteiger partial charge in [0.25, 0.3) is 5.91 Å². The van der Waals surface area contributed by atoms with Crippen LogP contribution in [0, 0.1) is 18.8 Å². The van der Waals surface area contributed by atoms with Crippen molar-refractivity contribution in [2.24, 2.45) is 11.8 Å². The Morgan fingerprint density at radius 2 is 1.71 bits per heavy atom. The molecule has 0 spiro atoms. The van der Waals surface area contributed by atoms with E-state index >= 15 is 0 Å². The quantitative estimate of drug-likeness (QED) is 0.360. The van der Waals surface area contributed by atoms with Crippen molar-refractivity contribution in [2.45, 2.75) is 13.0 Å². The fourth-order valence-corrected chi connectivity index (χ4v) is 5.77. The third kappa shape index (κ3) is 4.57. The number of carbonyl (C=O) groups is 3. The number of amides is 1. The topological polar surface area (TPSA) is 136 Å². The van der Waals surface area contributed by atoms with Crippen molar-refractivity contribution in [3.63, 3.8) is 0 Å². The van der Waals surface area contributed by atoms with E-state index in [2.05, 4.69) is 15.3 Å². The van der Waals surface area contributed by atoms with Crippen LogP contribution in [0.4, 0.5) is 5.13 Å². The number of aromatic nitrogens is 2. The molecule has 1 saturated carbocycles. The number of anilines is 1. The van der Waals surface area contributed by atoms with E-state index in [-0.39, 0.29) is 63.8 Å². The number of rotatable bonds is 6. The predicted octanol–water partition coefficient (Wildman–Crippen LogP) is 3.37. The summed E-state index contributed by atoms with van der Waals surface area (Å²) in [6.07, 6.45) is 0. The van der Waals surface area contributed by atoms with Gasteiger partial charge in [-0.1, -0.05) is 46.7 Å². The minimum atomic E-state index is -1.09. The number of nitrogens with zero attached hydrogens (tertiary/aromatic N) is 2. The van der Waals surface area contributed by atoms with Crippen molar-refractivity contribution in [1.82, 2.24) is 15.3 Å². The van der Waals surface area contributed by atoms with Crippen LogP contribution in [0.2, 0.25) is 10.0 Å². The van der Waals surface area contributed by atoms with Crippen LogP contribution in [-0.2, 0) is 0 Å². The van der Waals surface area contributed by atoms with Gasteiger partial charge in [-0.05, 0) is 19.1 Å². The Kier molecular flexibility index (Phi) is 6.97. The molecule has 2 aromatic heterocycles. The van der Waals surface area contributed by atoms with Crippen LogP contribution in [0.25, 0.3) is 11.3 Å². The molecule has 0 radical (unpaired) electrons.